The Morgan fingerprint density at radius 2 is 2.05 bits per heavy atom. The number of furan rings is 1. The summed E-state index contributed by atoms with van der Waals surface area (Å²) in [5, 5.41) is 4.47. The average Bonchev–Trinajstić information content (AvgIpc) is 3.11. The van der Waals surface area contributed by atoms with Gasteiger partial charge in [-0.15, -0.1) is 0 Å². The molecule has 0 bridgehead atoms. The van der Waals surface area contributed by atoms with Gasteiger partial charge in [0.25, 0.3) is 0 Å². The Bertz CT molecular complexity index is 641. The van der Waals surface area contributed by atoms with Crippen LogP contribution in [0.25, 0.3) is 11.0 Å². The van der Waals surface area contributed by atoms with Gasteiger partial charge in [-0.3, -0.25) is 4.79 Å². The number of nitrogens with zero attached hydrogens (tertiary/aromatic N) is 1. The predicted octanol–water partition coefficient (Wildman–Crippen LogP) is 2.84. The van der Waals surface area contributed by atoms with Crippen LogP contribution < -0.4 is 5.32 Å². The summed E-state index contributed by atoms with van der Waals surface area (Å²) >= 11 is 0. The van der Waals surface area contributed by atoms with Gasteiger partial charge in [0.15, 0.2) is 0 Å². The van der Waals surface area contributed by atoms with Crippen molar-refractivity contribution in [2.45, 2.75) is 39.3 Å². The fourth-order valence-corrected chi connectivity index (χ4v) is 2.99. The Balaban J connectivity index is 1.68. The van der Waals surface area contributed by atoms with Crippen LogP contribution in [0.4, 0.5) is 0 Å². The highest BCUT2D eigenvalue weighted by Gasteiger charge is 2.23. The summed E-state index contributed by atoms with van der Waals surface area (Å²) < 4.78 is 5.76. The number of likely N-dealkylation sites (tertiary alicyclic amines) is 1. The first-order chi connectivity index (χ1) is 10.2. The van der Waals surface area contributed by atoms with Crippen molar-refractivity contribution in [3.05, 3.63) is 35.6 Å². The molecule has 1 atom stereocenters. The molecule has 2 heterocycles. The zero-order valence-electron chi connectivity index (χ0n) is 12.7. The van der Waals surface area contributed by atoms with Gasteiger partial charge in [0.2, 0.25) is 5.91 Å². The van der Waals surface area contributed by atoms with E-state index >= 15 is 0 Å². The molecule has 0 spiro atoms. The van der Waals surface area contributed by atoms with Gasteiger partial charge in [-0.1, -0.05) is 18.2 Å². The highest BCUT2D eigenvalue weighted by Crippen LogP contribution is 2.25. The number of carbonyl (C=O) groups excluding carboxylic acids is 1. The molecule has 1 amide bonds. The van der Waals surface area contributed by atoms with Crippen molar-refractivity contribution in [2.24, 2.45) is 0 Å². The summed E-state index contributed by atoms with van der Waals surface area (Å²) in [5.41, 5.74) is 2.05. The molecule has 1 aromatic heterocycles. The second-order valence-corrected chi connectivity index (χ2v) is 5.77. The summed E-state index contributed by atoms with van der Waals surface area (Å²) in [6, 6.07) is 7.87. The Kier molecular flexibility index (Phi) is 3.97. The molecule has 1 aliphatic rings. The standard InChI is InChI=1S/C17H22N2O2/c1-12(17(20)19-9-5-6-10-19)18-11-15-13(2)21-16-8-4-3-7-14(15)16/h3-4,7-8,12,18H,5-6,9-11H2,1-2H3. The average molecular weight is 286 g/mol. The van der Waals surface area contributed by atoms with Crippen molar-refractivity contribution < 1.29 is 9.21 Å². The largest absolute Gasteiger partial charge is 0.461 e. The SMILES string of the molecule is Cc1oc2ccccc2c1CNC(C)C(=O)N1CCCC1. The lowest BCUT2D eigenvalue weighted by Gasteiger charge is -2.21. The predicted molar refractivity (Wildman–Crippen MR) is 83.1 cm³/mol. The number of aryl methyl sites for hydroxylation is 1. The highest BCUT2D eigenvalue weighted by atomic mass is 16.3. The van der Waals surface area contributed by atoms with Gasteiger partial charge in [-0.2, -0.15) is 0 Å². The summed E-state index contributed by atoms with van der Waals surface area (Å²) in [7, 11) is 0. The molecule has 1 saturated heterocycles. The molecule has 2 aromatic rings. The molecule has 1 aliphatic heterocycles. The first-order valence-electron chi connectivity index (χ1n) is 7.66. The van der Waals surface area contributed by atoms with Crippen molar-refractivity contribution >= 4 is 16.9 Å². The maximum atomic E-state index is 12.3. The van der Waals surface area contributed by atoms with Crippen LogP contribution in [0.3, 0.4) is 0 Å². The normalized spacial score (nSPS) is 16.6. The molecule has 0 radical (unpaired) electrons. The number of amides is 1. The number of hydrogen-bond donors (Lipinski definition) is 1. The van der Waals surface area contributed by atoms with Gasteiger partial charge in [0, 0.05) is 30.6 Å². The molecular weight excluding hydrogens is 264 g/mol. The Morgan fingerprint density at radius 1 is 1.33 bits per heavy atom. The van der Waals surface area contributed by atoms with Crippen LogP contribution >= 0.6 is 0 Å². The monoisotopic (exact) mass is 286 g/mol. The lowest BCUT2D eigenvalue weighted by Crippen LogP contribution is -2.43. The Hall–Kier alpha value is -1.81. The van der Waals surface area contributed by atoms with E-state index in [1.807, 2.05) is 36.9 Å². The number of carbonyl (C=O) groups is 1. The van der Waals surface area contributed by atoms with Crippen molar-refractivity contribution in [1.29, 1.82) is 0 Å². The van der Waals surface area contributed by atoms with E-state index in [4.69, 9.17) is 4.42 Å². The van der Waals surface area contributed by atoms with Crippen LogP contribution in [0.15, 0.2) is 28.7 Å². The minimum atomic E-state index is -0.156. The van der Waals surface area contributed by atoms with E-state index in [9.17, 15) is 4.79 Å². The topological polar surface area (TPSA) is 45.5 Å². The van der Waals surface area contributed by atoms with Crippen LogP contribution in [0.5, 0.6) is 0 Å². The fourth-order valence-electron chi connectivity index (χ4n) is 2.99. The number of rotatable bonds is 4. The quantitative estimate of drug-likeness (QED) is 0.940. The molecule has 0 aliphatic carbocycles. The molecular formula is C17H22N2O2. The Morgan fingerprint density at radius 3 is 2.81 bits per heavy atom. The third-order valence-corrected chi connectivity index (χ3v) is 4.27. The van der Waals surface area contributed by atoms with Crippen LogP contribution in [0, 0.1) is 6.92 Å². The van der Waals surface area contributed by atoms with Crippen LogP contribution in [0.2, 0.25) is 0 Å². The van der Waals surface area contributed by atoms with Gasteiger partial charge >= 0.3 is 0 Å². The van der Waals surface area contributed by atoms with Crippen LogP contribution in [-0.2, 0) is 11.3 Å². The van der Waals surface area contributed by atoms with Gasteiger partial charge in [-0.05, 0) is 32.8 Å². The van der Waals surface area contributed by atoms with Crippen LogP contribution in [-0.4, -0.2) is 29.9 Å². The number of nitrogens with one attached hydrogen (secondary N) is 1. The van der Waals surface area contributed by atoms with Gasteiger partial charge in [0.1, 0.15) is 11.3 Å². The second kappa shape index (κ2) is 5.90. The summed E-state index contributed by atoms with van der Waals surface area (Å²) in [5.74, 6) is 1.13. The molecule has 1 fully saturated rings. The molecule has 3 rings (SSSR count). The third-order valence-electron chi connectivity index (χ3n) is 4.27. The number of para-hydroxylation sites is 1. The van der Waals surface area contributed by atoms with E-state index in [2.05, 4.69) is 11.4 Å². The second-order valence-electron chi connectivity index (χ2n) is 5.77. The molecule has 4 nitrogen and oxygen atoms in total. The molecule has 1 aromatic carbocycles. The first kappa shape index (κ1) is 14.1. The van der Waals surface area contributed by atoms with E-state index in [0.717, 1.165) is 48.2 Å². The lowest BCUT2D eigenvalue weighted by atomic mass is 10.1. The van der Waals surface area contributed by atoms with Gasteiger partial charge in [-0.25, -0.2) is 0 Å². The van der Waals surface area contributed by atoms with Gasteiger partial charge in [0.05, 0.1) is 6.04 Å². The summed E-state index contributed by atoms with van der Waals surface area (Å²) in [4.78, 5) is 14.2. The van der Waals surface area contributed by atoms with Crippen molar-refractivity contribution in [3.8, 4) is 0 Å². The minimum Gasteiger partial charge on any atom is -0.461 e. The van der Waals surface area contributed by atoms with E-state index in [1.54, 1.807) is 0 Å². The van der Waals surface area contributed by atoms with E-state index in [1.165, 1.54) is 0 Å². The number of hydrogen-bond acceptors (Lipinski definition) is 3. The van der Waals surface area contributed by atoms with Crippen molar-refractivity contribution in [1.82, 2.24) is 10.2 Å². The minimum absolute atomic E-state index is 0.156. The smallest absolute Gasteiger partial charge is 0.239 e. The Labute approximate surface area is 125 Å². The molecule has 21 heavy (non-hydrogen) atoms. The van der Waals surface area contributed by atoms with E-state index < -0.39 is 0 Å². The molecule has 112 valence electrons. The third kappa shape index (κ3) is 2.81. The first-order valence-corrected chi connectivity index (χ1v) is 7.66. The zero-order valence-corrected chi connectivity index (χ0v) is 12.7. The zero-order chi connectivity index (χ0) is 14.8. The molecule has 1 N–H and O–H groups in total. The summed E-state index contributed by atoms with van der Waals surface area (Å²) in [6.07, 6.45) is 2.26. The number of fused-ring (bicyclic) bond motifs is 1. The highest BCUT2D eigenvalue weighted by molar-refractivity contribution is 5.83. The van der Waals surface area contributed by atoms with Crippen molar-refractivity contribution in [3.63, 3.8) is 0 Å². The number of benzene rings is 1. The molecule has 1 unspecified atom stereocenters. The van der Waals surface area contributed by atoms with E-state index in [-0.39, 0.29) is 11.9 Å². The summed E-state index contributed by atoms with van der Waals surface area (Å²) in [6.45, 7) is 6.38. The van der Waals surface area contributed by atoms with Gasteiger partial charge < -0.3 is 14.6 Å². The fraction of sp³-hybridized carbons (Fsp3) is 0.471. The lowest BCUT2D eigenvalue weighted by molar-refractivity contribution is -0.131. The molecule has 4 heteroatoms. The van der Waals surface area contributed by atoms with Crippen molar-refractivity contribution in [2.75, 3.05) is 13.1 Å². The van der Waals surface area contributed by atoms with Crippen LogP contribution in [0.1, 0.15) is 31.1 Å². The molecule has 0 saturated carbocycles. The maximum absolute atomic E-state index is 12.3. The van der Waals surface area contributed by atoms with E-state index in [0.29, 0.717) is 6.54 Å². The maximum Gasteiger partial charge on any atom is 0.239 e.